The van der Waals surface area contributed by atoms with Crippen LogP contribution in [0.5, 0.6) is 5.75 Å². The van der Waals surface area contributed by atoms with Gasteiger partial charge in [0, 0.05) is 17.7 Å². The third-order valence-electron chi connectivity index (χ3n) is 3.28. The van der Waals surface area contributed by atoms with E-state index in [0.717, 1.165) is 16.7 Å². The van der Waals surface area contributed by atoms with E-state index in [-0.39, 0.29) is 22.8 Å². The Bertz CT molecular complexity index is 755. The average Bonchev–Trinajstić information content (AvgIpc) is 2.50. The monoisotopic (exact) mass is 297 g/mol. The van der Waals surface area contributed by atoms with Gasteiger partial charge in [0.25, 0.3) is 5.69 Å². The van der Waals surface area contributed by atoms with Crippen molar-refractivity contribution >= 4 is 17.5 Å². The van der Waals surface area contributed by atoms with E-state index in [1.807, 2.05) is 0 Å². The number of phenols is 1. The van der Waals surface area contributed by atoms with Gasteiger partial charge in [-0.1, -0.05) is 18.2 Å². The molecule has 0 atom stereocenters. The molecule has 0 aliphatic heterocycles. The van der Waals surface area contributed by atoms with Crippen molar-refractivity contribution in [2.45, 2.75) is 13.8 Å². The maximum absolute atomic E-state index is 12.1. The zero-order valence-corrected chi connectivity index (χ0v) is 12.2. The van der Waals surface area contributed by atoms with Gasteiger partial charge in [-0.2, -0.15) is 0 Å². The lowest BCUT2D eigenvalue weighted by Crippen LogP contribution is -1.96. The molecule has 0 bridgehead atoms. The number of rotatable bonds is 4. The van der Waals surface area contributed by atoms with Gasteiger partial charge in [0.15, 0.2) is 5.78 Å². The Morgan fingerprint density at radius 3 is 2.41 bits per heavy atom. The number of nitro benzene ring substituents is 1. The van der Waals surface area contributed by atoms with Crippen molar-refractivity contribution in [1.29, 1.82) is 0 Å². The van der Waals surface area contributed by atoms with E-state index in [2.05, 4.69) is 0 Å². The molecule has 0 spiro atoms. The zero-order chi connectivity index (χ0) is 16.3. The fraction of sp³-hybridized carbons (Fsp3) is 0.118. The molecule has 0 fully saturated rings. The zero-order valence-electron chi connectivity index (χ0n) is 12.2. The number of nitro groups is 1. The number of nitrogens with zero attached hydrogens (tertiary/aromatic N) is 1. The fourth-order valence-electron chi connectivity index (χ4n) is 2.13. The Balaban J connectivity index is 2.25. The summed E-state index contributed by atoms with van der Waals surface area (Å²) in [5.74, 6) is -0.0748. The van der Waals surface area contributed by atoms with Crippen molar-refractivity contribution in [2.24, 2.45) is 0 Å². The van der Waals surface area contributed by atoms with Crippen LogP contribution in [0.2, 0.25) is 0 Å². The first kappa shape index (κ1) is 15.4. The molecule has 2 aromatic carbocycles. The normalized spacial score (nSPS) is 10.8. The van der Waals surface area contributed by atoms with E-state index >= 15 is 0 Å². The third kappa shape index (κ3) is 3.38. The topological polar surface area (TPSA) is 80.4 Å². The van der Waals surface area contributed by atoms with Crippen LogP contribution in [0.15, 0.2) is 42.5 Å². The van der Waals surface area contributed by atoms with Gasteiger partial charge in [-0.05, 0) is 48.7 Å². The predicted octanol–water partition coefficient (Wildman–Crippen LogP) is 3.81. The summed E-state index contributed by atoms with van der Waals surface area (Å²) in [5, 5.41) is 20.4. The van der Waals surface area contributed by atoms with Gasteiger partial charge in [0.1, 0.15) is 5.75 Å². The van der Waals surface area contributed by atoms with Gasteiger partial charge in [0.05, 0.1) is 4.92 Å². The van der Waals surface area contributed by atoms with Crippen molar-refractivity contribution in [3.05, 3.63) is 74.8 Å². The molecule has 0 amide bonds. The van der Waals surface area contributed by atoms with E-state index < -0.39 is 4.92 Å². The Morgan fingerprint density at radius 2 is 1.82 bits per heavy atom. The molecule has 0 aromatic heterocycles. The van der Waals surface area contributed by atoms with Crippen LogP contribution in [0.4, 0.5) is 5.69 Å². The Labute approximate surface area is 127 Å². The average molecular weight is 297 g/mol. The second-order valence-electron chi connectivity index (χ2n) is 5.01. The Kier molecular flexibility index (Phi) is 4.36. The van der Waals surface area contributed by atoms with Gasteiger partial charge in [0.2, 0.25) is 0 Å². The summed E-state index contributed by atoms with van der Waals surface area (Å²) in [4.78, 5) is 22.3. The first-order valence-electron chi connectivity index (χ1n) is 6.65. The number of ketones is 1. The largest absolute Gasteiger partial charge is 0.507 e. The highest BCUT2D eigenvalue weighted by Crippen LogP contribution is 2.23. The number of non-ortho nitro benzene ring substituents is 1. The van der Waals surface area contributed by atoms with Crippen LogP contribution in [0.1, 0.15) is 27.0 Å². The number of hydrogen-bond donors (Lipinski definition) is 1. The number of aromatic hydroxyl groups is 1. The minimum absolute atomic E-state index is 0.115. The molecule has 5 nitrogen and oxygen atoms in total. The molecule has 0 unspecified atom stereocenters. The first-order valence-corrected chi connectivity index (χ1v) is 6.65. The van der Waals surface area contributed by atoms with Crippen LogP contribution >= 0.6 is 0 Å². The molecular weight excluding hydrogens is 282 g/mol. The molecular formula is C17H15NO4. The highest BCUT2D eigenvalue weighted by molar-refractivity contribution is 6.07. The van der Waals surface area contributed by atoms with Crippen molar-refractivity contribution in [3.8, 4) is 5.75 Å². The number of allylic oxidation sites excluding steroid dienone is 1. The number of carbonyl (C=O) groups excluding carboxylic acids is 1. The second kappa shape index (κ2) is 6.22. The summed E-state index contributed by atoms with van der Waals surface area (Å²) in [6.45, 7) is 3.56. The van der Waals surface area contributed by atoms with Crippen molar-refractivity contribution < 1.29 is 14.8 Å². The molecule has 0 aliphatic carbocycles. The summed E-state index contributed by atoms with van der Waals surface area (Å²) >= 11 is 0. The second-order valence-corrected chi connectivity index (χ2v) is 5.01. The first-order chi connectivity index (χ1) is 10.4. The lowest BCUT2D eigenvalue weighted by Gasteiger charge is -2.04. The van der Waals surface area contributed by atoms with E-state index in [4.69, 9.17) is 0 Å². The number of phenolic OH excluding ortho intramolecular Hbond substituents is 1. The SMILES string of the molecule is Cc1cc(/C=C/C(=O)c2cccc([N+](=O)[O-])c2)cc(C)c1O. The van der Waals surface area contributed by atoms with Gasteiger partial charge >= 0.3 is 0 Å². The van der Waals surface area contributed by atoms with Crippen LogP contribution in [0, 0.1) is 24.0 Å². The maximum atomic E-state index is 12.1. The van der Waals surface area contributed by atoms with Crippen LogP contribution in [-0.4, -0.2) is 15.8 Å². The summed E-state index contributed by atoms with van der Waals surface area (Å²) in [7, 11) is 0. The quantitative estimate of drug-likeness (QED) is 0.402. The molecule has 0 saturated heterocycles. The maximum Gasteiger partial charge on any atom is 0.270 e. The molecule has 0 radical (unpaired) electrons. The number of hydrogen-bond acceptors (Lipinski definition) is 4. The van der Waals surface area contributed by atoms with E-state index in [1.165, 1.54) is 30.3 Å². The smallest absolute Gasteiger partial charge is 0.270 e. The van der Waals surface area contributed by atoms with Crippen molar-refractivity contribution in [3.63, 3.8) is 0 Å². The predicted molar refractivity (Wildman–Crippen MR) is 84.0 cm³/mol. The highest BCUT2D eigenvalue weighted by Gasteiger charge is 2.09. The van der Waals surface area contributed by atoms with Crippen molar-refractivity contribution in [2.75, 3.05) is 0 Å². The molecule has 0 heterocycles. The fourth-order valence-corrected chi connectivity index (χ4v) is 2.13. The molecule has 0 saturated carbocycles. The summed E-state index contributed by atoms with van der Waals surface area (Å²) in [5.41, 5.74) is 2.38. The number of benzene rings is 2. The molecule has 112 valence electrons. The minimum atomic E-state index is -0.535. The number of aryl methyl sites for hydroxylation is 2. The lowest BCUT2D eigenvalue weighted by atomic mass is 10.0. The van der Waals surface area contributed by atoms with E-state index in [1.54, 1.807) is 32.1 Å². The molecule has 5 heteroatoms. The van der Waals surface area contributed by atoms with Crippen molar-refractivity contribution in [1.82, 2.24) is 0 Å². The minimum Gasteiger partial charge on any atom is -0.507 e. The Hall–Kier alpha value is -2.95. The van der Waals surface area contributed by atoms with Crippen LogP contribution in [0.25, 0.3) is 6.08 Å². The Morgan fingerprint density at radius 1 is 1.18 bits per heavy atom. The van der Waals surface area contributed by atoms with Crippen LogP contribution in [-0.2, 0) is 0 Å². The standard InChI is InChI=1S/C17H15NO4/c1-11-8-13(9-12(2)17(11)20)6-7-16(19)14-4-3-5-15(10-14)18(21)22/h3-10,20H,1-2H3/b7-6+. The molecule has 22 heavy (non-hydrogen) atoms. The molecule has 0 aliphatic rings. The van der Waals surface area contributed by atoms with E-state index in [9.17, 15) is 20.0 Å². The van der Waals surface area contributed by atoms with Gasteiger partial charge in [-0.15, -0.1) is 0 Å². The van der Waals surface area contributed by atoms with Gasteiger partial charge in [-0.3, -0.25) is 14.9 Å². The lowest BCUT2D eigenvalue weighted by molar-refractivity contribution is -0.384. The highest BCUT2D eigenvalue weighted by atomic mass is 16.6. The van der Waals surface area contributed by atoms with Crippen LogP contribution in [0.3, 0.4) is 0 Å². The van der Waals surface area contributed by atoms with Gasteiger partial charge in [-0.25, -0.2) is 0 Å². The molecule has 2 rings (SSSR count). The summed E-state index contributed by atoms with van der Waals surface area (Å²) in [6, 6.07) is 9.13. The summed E-state index contributed by atoms with van der Waals surface area (Å²) < 4.78 is 0. The molecule has 2 aromatic rings. The molecule has 1 N–H and O–H groups in total. The number of carbonyl (C=O) groups is 1. The third-order valence-corrected chi connectivity index (χ3v) is 3.28. The summed E-state index contributed by atoms with van der Waals surface area (Å²) in [6.07, 6.45) is 2.99. The van der Waals surface area contributed by atoms with Crippen LogP contribution < -0.4 is 0 Å². The van der Waals surface area contributed by atoms with Gasteiger partial charge < -0.3 is 5.11 Å². The van der Waals surface area contributed by atoms with E-state index in [0.29, 0.717) is 0 Å².